The summed E-state index contributed by atoms with van der Waals surface area (Å²) in [6.45, 7) is 2.76. The lowest BCUT2D eigenvalue weighted by Gasteiger charge is -2.31. The van der Waals surface area contributed by atoms with Crippen LogP contribution in [0.4, 0.5) is 13.2 Å². The van der Waals surface area contributed by atoms with Crippen LogP contribution in [0.15, 0.2) is 49.3 Å². The Kier molecular flexibility index (Phi) is 4.81. The lowest BCUT2D eigenvalue weighted by molar-refractivity contribution is -0.168. The topological polar surface area (TPSA) is 92.5 Å². The number of pyridine rings is 2. The Hall–Kier alpha value is -3.27. The van der Waals surface area contributed by atoms with Crippen LogP contribution < -0.4 is 0 Å². The fourth-order valence-corrected chi connectivity index (χ4v) is 3.43. The molecular formula is C20H19F3N6O. The number of alkyl halides is 3. The van der Waals surface area contributed by atoms with E-state index >= 15 is 0 Å². The van der Waals surface area contributed by atoms with Crippen LogP contribution in [0, 0.1) is 5.41 Å². The third-order valence-electron chi connectivity index (χ3n) is 4.93. The highest BCUT2D eigenvalue weighted by Gasteiger charge is 2.41. The normalized spacial score (nSPS) is 13.7. The molecule has 30 heavy (non-hydrogen) atoms. The van der Waals surface area contributed by atoms with E-state index in [4.69, 9.17) is 0 Å². The molecule has 0 amide bonds. The van der Waals surface area contributed by atoms with Crippen LogP contribution in [0.1, 0.15) is 31.9 Å². The van der Waals surface area contributed by atoms with Crippen molar-refractivity contribution in [3.05, 3.63) is 54.9 Å². The summed E-state index contributed by atoms with van der Waals surface area (Å²) in [6, 6.07) is 5.00. The van der Waals surface area contributed by atoms with Gasteiger partial charge in [0, 0.05) is 35.1 Å². The molecule has 0 bridgehead atoms. The number of hydrogen-bond donors (Lipinski definition) is 2. The molecule has 0 aliphatic heterocycles. The average Bonchev–Trinajstić information content (AvgIpc) is 3.35. The summed E-state index contributed by atoms with van der Waals surface area (Å²) in [4.78, 5) is 15.7. The van der Waals surface area contributed by atoms with Crippen LogP contribution in [0.5, 0.6) is 0 Å². The van der Waals surface area contributed by atoms with Crippen molar-refractivity contribution < 1.29 is 18.3 Å². The monoisotopic (exact) mass is 416 g/mol. The van der Waals surface area contributed by atoms with Gasteiger partial charge in [-0.25, -0.2) is 19.6 Å². The van der Waals surface area contributed by atoms with E-state index in [-0.39, 0.29) is 0 Å². The minimum Gasteiger partial charge on any atom is -0.388 e. The largest absolute Gasteiger partial charge is 0.389 e. The van der Waals surface area contributed by atoms with E-state index in [1.807, 2.05) is 6.07 Å². The third-order valence-corrected chi connectivity index (χ3v) is 4.93. The Balaban J connectivity index is 1.58. The molecule has 0 aliphatic rings. The maximum atomic E-state index is 12.8. The zero-order chi connectivity index (χ0) is 21.5. The minimum atomic E-state index is -4.37. The SMILES string of the molecule is CC(C)(CC(F)(F)F)C(O)c1ccc(-n2cc(-c3ccnc4[nH]cnc34)cn2)nc1. The molecule has 4 aromatic heterocycles. The number of aliphatic hydroxyl groups excluding tert-OH is 1. The first-order valence-electron chi connectivity index (χ1n) is 9.18. The zero-order valence-electron chi connectivity index (χ0n) is 16.2. The van der Waals surface area contributed by atoms with Crippen molar-refractivity contribution in [2.45, 2.75) is 32.5 Å². The first-order chi connectivity index (χ1) is 14.1. The molecule has 0 radical (unpaired) electrons. The van der Waals surface area contributed by atoms with Crippen LogP contribution in [0.25, 0.3) is 28.1 Å². The second-order valence-electron chi connectivity index (χ2n) is 7.76. The molecule has 4 heterocycles. The number of aromatic amines is 1. The number of nitrogens with zero attached hydrogens (tertiary/aromatic N) is 5. The van der Waals surface area contributed by atoms with E-state index in [1.54, 1.807) is 41.7 Å². The number of imidazole rings is 1. The van der Waals surface area contributed by atoms with Crippen LogP contribution in [0.3, 0.4) is 0 Å². The van der Waals surface area contributed by atoms with Gasteiger partial charge in [0.1, 0.15) is 5.52 Å². The molecule has 4 rings (SSSR count). The predicted molar refractivity (Wildman–Crippen MR) is 104 cm³/mol. The van der Waals surface area contributed by atoms with Gasteiger partial charge in [-0.2, -0.15) is 18.3 Å². The quantitative estimate of drug-likeness (QED) is 0.508. The van der Waals surface area contributed by atoms with Gasteiger partial charge >= 0.3 is 6.18 Å². The molecule has 0 saturated carbocycles. The van der Waals surface area contributed by atoms with E-state index in [9.17, 15) is 18.3 Å². The van der Waals surface area contributed by atoms with Gasteiger partial charge in [-0.05, 0) is 17.7 Å². The van der Waals surface area contributed by atoms with Crippen molar-refractivity contribution in [1.82, 2.24) is 29.7 Å². The summed E-state index contributed by atoms with van der Waals surface area (Å²) in [5, 5.41) is 14.7. The Bertz CT molecular complexity index is 1160. The van der Waals surface area contributed by atoms with E-state index in [0.29, 0.717) is 17.0 Å². The first-order valence-corrected chi connectivity index (χ1v) is 9.18. The van der Waals surface area contributed by atoms with Crippen molar-refractivity contribution in [3.8, 4) is 16.9 Å². The maximum absolute atomic E-state index is 12.8. The minimum absolute atomic E-state index is 0.313. The standard InChI is InChI=1S/C20H19F3N6O/c1-19(2,10-20(21,22)23)17(30)12-3-4-15(25-7-12)29-9-13(8-28-29)14-5-6-24-18-16(14)26-11-27-18/h3-9,11,17,30H,10H2,1-2H3,(H,24,26,27). The van der Waals surface area contributed by atoms with Crippen LogP contribution in [-0.2, 0) is 0 Å². The van der Waals surface area contributed by atoms with Gasteiger partial charge in [-0.15, -0.1) is 0 Å². The van der Waals surface area contributed by atoms with Crippen LogP contribution in [-0.4, -0.2) is 41.0 Å². The summed E-state index contributed by atoms with van der Waals surface area (Å²) in [7, 11) is 0. The lowest BCUT2D eigenvalue weighted by Crippen LogP contribution is -2.28. The zero-order valence-corrected chi connectivity index (χ0v) is 16.2. The first kappa shape index (κ1) is 20.0. The molecule has 7 nitrogen and oxygen atoms in total. The summed E-state index contributed by atoms with van der Waals surface area (Å²) < 4.78 is 39.9. The molecule has 4 aromatic rings. The summed E-state index contributed by atoms with van der Waals surface area (Å²) in [5.74, 6) is 0.471. The smallest absolute Gasteiger partial charge is 0.388 e. The average molecular weight is 416 g/mol. The van der Waals surface area contributed by atoms with E-state index in [2.05, 4.69) is 25.0 Å². The molecule has 0 saturated heterocycles. The van der Waals surface area contributed by atoms with Gasteiger partial charge in [0.25, 0.3) is 0 Å². The highest BCUT2D eigenvalue weighted by Crippen LogP contribution is 2.42. The van der Waals surface area contributed by atoms with E-state index in [0.717, 1.165) is 16.6 Å². The molecule has 0 aliphatic carbocycles. The summed E-state index contributed by atoms with van der Waals surface area (Å²) in [6.07, 6.45) is 1.28. The lowest BCUT2D eigenvalue weighted by atomic mass is 9.80. The van der Waals surface area contributed by atoms with Crippen LogP contribution >= 0.6 is 0 Å². The van der Waals surface area contributed by atoms with Crippen molar-refractivity contribution >= 4 is 11.2 Å². The Morgan fingerprint density at radius 2 is 1.90 bits per heavy atom. The maximum Gasteiger partial charge on any atom is 0.389 e. The Labute approximate surface area is 169 Å². The second-order valence-corrected chi connectivity index (χ2v) is 7.76. The Morgan fingerprint density at radius 3 is 2.60 bits per heavy atom. The molecule has 1 atom stereocenters. The number of nitrogens with one attached hydrogen (secondary N) is 1. The second kappa shape index (κ2) is 7.21. The number of rotatable bonds is 5. The molecule has 10 heteroatoms. The molecule has 0 aromatic carbocycles. The van der Waals surface area contributed by atoms with Gasteiger partial charge in [0.15, 0.2) is 11.5 Å². The van der Waals surface area contributed by atoms with Crippen molar-refractivity contribution in [3.63, 3.8) is 0 Å². The summed E-state index contributed by atoms with van der Waals surface area (Å²) >= 11 is 0. The number of halogens is 3. The van der Waals surface area contributed by atoms with Gasteiger partial charge in [0.2, 0.25) is 0 Å². The van der Waals surface area contributed by atoms with E-state index < -0.39 is 24.1 Å². The summed E-state index contributed by atoms with van der Waals surface area (Å²) in [5.41, 5.74) is 1.98. The van der Waals surface area contributed by atoms with Gasteiger partial charge < -0.3 is 10.1 Å². The molecule has 156 valence electrons. The van der Waals surface area contributed by atoms with Crippen molar-refractivity contribution in [2.75, 3.05) is 0 Å². The fraction of sp³-hybridized carbons (Fsp3) is 0.300. The van der Waals surface area contributed by atoms with Gasteiger partial charge in [-0.3, -0.25) is 0 Å². The molecule has 0 spiro atoms. The molecule has 0 fully saturated rings. The number of aromatic nitrogens is 6. The fourth-order valence-electron chi connectivity index (χ4n) is 3.43. The molecular weight excluding hydrogens is 397 g/mol. The number of hydrogen-bond acceptors (Lipinski definition) is 5. The third kappa shape index (κ3) is 3.90. The number of aliphatic hydroxyl groups is 1. The molecule has 1 unspecified atom stereocenters. The number of fused-ring (bicyclic) bond motifs is 1. The van der Waals surface area contributed by atoms with Gasteiger partial charge in [0.05, 0.1) is 25.0 Å². The Morgan fingerprint density at radius 1 is 1.10 bits per heavy atom. The van der Waals surface area contributed by atoms with Gasteiger partial charge in [-0.1, -0.05) is 19.9 Å². The van der Waals surface area contributed by atoms with Crippen molar-refractivity contribution in [2.24, 2.45) is 5.41 Å². The van der Waals surface area contributed by atoms with E-state index in [1.165, 1.54) is 20.0 Å². The van der Waals surface area contributed by atoms with Crippen molar-refractivity contribution in [1.29, 1.82) is 0 Å². The highest BCUT2D eigenvalue weighted by atomic mass is 19.4. The predicted octanol–water partition coefficient (Wildman–Crippen LogP) is 4.22. The van der Waals surface area contributed by atoms with Crippen LogP contribution in [0.2, 0.25) is 0 Å². The molecule has 2 N–H and O–H groups in total. The number of H-pyrrole nitrogens is 1. The highest BCUT2D eigenvalue weighted by molar-refractivity contribution is 5.88.